The second-order valence-electron chi connectivity index (χ2n) is 11.5. The molecule has 0 radical (unpaired) electrons. The number of aryl methyl sites for hydroxylation is 2. The molecule has 1 N–H and O–H groups in total. The highest BCUT2D eigenvalue weighted by Gasteiger charge is 2.74. The zero-order chi connectivity index (χ0) is 28.5. The van der Waals surface area contributed by atoms with E-state index in [1.165, 1.54) is 0 Å². The molecule has 0 saturated carbocycles. The van der Waals surface area contributed by atoms with E-state index in [1.807, 2.05) is 45.9 Å². The van der Waals surface area contributed by atoms with Crippen LogP contribution in [0.25, 0.3) is 0 Å². The molecule has 2 bridgehead atoms. The van der Waals surface area contributed by atoms with Crippen molar-refractivity contribution in [2.45, 2.75) is 75.5 Å². The molecular formula is C31H42N2O5S. The summed E-state index contributed by atoms with van der Waals surface area (Å²) < 4.78 is 4.84. The number of esters is 1. The van der Waals surface area contributed by atoms with Gasteiger partial charge in [-0.15, -0.1) is 24.9 Å². The number of anilines is 1. The smallest absolute Gasteiger partial charge is 0.310 e. The molecule has 8 heteroatoms. The molecule has 2 amide bonds. The van der Waals surface area contributed by atoms with Crippen LogP contribution in [0.2, 0.25) is 0 Å². The Kier molecular flexibility index (Phi) is 8.96. The first kappa shape index (κ1) is 29.4. The minimum atomic E-state index is -0.799. The van der Waals surface area contributed by atoms with Crippen LogP contribution in [0, 0.1) is 31.6 Å². The lowest BCUT2D eigenvalue weighted by molar-refractivity contribution is -0.154. The van der Waals surface area contributed by atoms with Crippen molar-refractivity contribution in [1.82, 2.24) is 4.90 Å². The molecule has 6 atom stereocenters. The number of ether oxygens (including phenoxy) is 1. The Balaban J connectivity index is 1.81. The van der Waals surface area contributed by atoms with Gasteiger partial charge < -0.3 is 19.6 Å². The molecule has 3 aliphatic rings. The first-order valence-electron chi connectivity index (χ1n) is 14.0. The topological polar surface area (TPSA) is 87.1 Å². The maximum Gasteiger partial charge on any atom is 0.310 e. The van der Waals surface area contributed by atoms with E-state index < -0.39 is 28.7 Å². The lowest BCUT2D eigenvalue weighted by Crippen LogP contribution is -2.58. The summed E-state index contributed by atoms with van der Waals surface area (Å²) in [7, 11) is 0. The van der Waals surface area contributed by atoms with E-state index in [0.29, 0.717) is 19.3 Å². The van der Waals surface area contributed by atoms with Crippen LogP contribution < -0.4 is 4.90 Å². The van der Waals surface area contributed by atoms with E-state index in [9.17, 15) is 19.5 Å². The molecule has 212 valence electrons. The zero-order valence-electron chi connectivity index (χ0n) is 23.6. The summed E-state index contributed by atoms with van der Waals surface area (Å²) in [5, 5.41) is 10.4. The number of aliphatic hydroxyl groups is 1. The maximum atomic E-state index is 14.7. The molecule has 3 heterocycles. The van der Waals surface area contributed by atoms with Crippen LogP contribution >= 0.6 is 11.8 Å². The van der Waals surface area contributed by atoms with Crippen molar-refractivity contribution in [3.63, 3.8) is 0 Å². The van der Waals surface area contributed by atoms with E-state index in [-0.39, 0.29) is 48.7 Å². The highest BCUT2D eigenvalue weighted by atomic mass is 32.2. The van der Waals surface area contributed by atoms with Crippen molar-refractivity contribution in [3.8, 4) is 0 Å². The predicted octanol–water partition coefficient (Wildman–Crippen LogP) is 4.44. The van der Waals surface area contributed by atoms with Gasteiger partial charge in [0.2, 0.25) is 5.91 Å². The van der Waals surface area contributed by atoms with Crippen LogP contribution in [-0.2, 0) is 19.1 Å². The van der Waals surface area contributed by atoms with E-state index in [0.717, 1.165) is 23.2 Å². The second kappa shape index (κ2) is 11.9. The quantitative estimate of drug-likeness (QED) is 0.234. The summed E-state index contributed by atoms with van der Waals surface area (Å²) in [5.74, 6) is -1.83. The van der Waals surface area contributed by atoms with Crippen LogP contribution in [0.5, 0.6) is 0 Å². The van der Waals surface area contributed by atoms with E-state index in [1.54, 1.807) is 33.7 Å². The average Bonchev–Trinajstić information content (AvgIpc) is 3.54. The second-order valence-corrected chi connectivity index (χ2v) is 13.1. The monoisotopic (exact) mass is 554 g/mol. The Morgan fingerprint density at radius 2 is 2.03 bits per heavy atom. The average molecular weight is 555 g/mol. The Bertz CT molecular complexity index is 1140. The lowest BCUT2D eigenvalue weighted by atomic mass is 9.71. The third-order valence-corrected chi connectivity index (χ3v) is 10.3. The number of hydrogen-bond donors (Lipinski definition) is 1. The van der Waals surface area contributed by atoms with E-state index in [2.05, 4.69) is 13.2 Å². The molecule has 1 aromatic rings. The van der Waals surface area contributed by atoms with Gasteiger partial charge in [0.1, 0.15) is 6.04 Å². The molecule has 1 spiro atoms. The molecule has 39 heavy (non-hydrogen) atoms. The molecular weight excluding hydrogens is 512 g/mol. The number of fused-ring (bicyclic) bond motifs is 1. The fourth-order valence-corrected chi connectivity index (χ4v) is 8.97. The van der Waals surface area contributed by atoms with Gasteiger partial charge in [-0.1, -0.05) is 38.1 Å². The SMILES string of the molecule is C=CCCOC(=O)[C@@H]1[C@H]2C(=O)N([C@@H](CO)CC(C)C)C(C(=O)N(CC=C)c3cc(C)ccc3C)C23CC[C@H]1S3. The van der Waals surface area contributed by atoms with Crippen LogP contribution in [0.4, 0.5) is 5.69 Å². The summed E-state index contributed by atoms with van der Waals surface area (Å²) in [4.78, 5) is 45.8. The number of thioether (sulfide) groups is 1. The molecule has 3 saturated heterocycles. The van der Waals surface area contributed by atoms with Crippen molar-refractivity contribution in [1.29, 1.82) is 0 Å². The first-order chi connectivity index (χ1) is 18.6. The van der Waals surface area contributed by atoms with Gasteiger partial charge in [0, 0.05) is 17.5 Å². The Morgan fingerprint density at radius 1 is 1.28 bits per heavy atom. The normalized spacial score (nSPS) is 27.9. The third kappa shape index (κ3) is 5.18. The highest BCUT2D eigenvalue weighted by Crippen LogP contribution is 2.67. The van der Waals surface area contributed by atoms with Gasteiger partial charge in [-0.25, -0.2) is 0 Å². The number of aliphatic hydroxyl groups excluding tert-OH is 1. The molecule has 2 unspecified atom stereocenters. The number of carbonyl (C=O) groups is 3. The van der Waals surface area contributed by atoms with Gasteiger partial charge in [-0.2, -0.15) is 0 Å². The first-order valence-corrected chi connectivity index (χ1v) is 14.9. The van der Waals surface area contributed by atoms with Crippen molar-refractivity contribution < 1.29 is 24.2 Å². The van der Waals surface area contributed by atoms with Gasteiger partial charge in [0.15, 0.2) is 0 Å². The summed E-state index contributed by atoms with van der Waals surface area (Å²) in [5.41, 5.74) is 2.77. The van der Waals surface area contributed by atoms with E-state index in [4.69, 9.17) is 4.74 Å². The minimum Gasteiger partial charge on any atom is -0.465 e. The summed E-state index contributed by atoms with van der Waals surface area (Å²) in [6.45, 7) is 15.9. The number of likely N-dealkylation sites (tertiary alicyclic amines) is 1. The van der Waals surface area contributed by atoms with Crippen LogP contribution in [-0.4, -0.2) is 69.6 Å². The maximum absolute atomic E-state index is 14.7. The molecule has 1 aromatic carbocycles. The molecule has 4 rings (SSSR count). The predicted molar refractivity (Wildman–Crippen MR) is 156 cm³/mol. The van der Waals surface area contributed by atoms with Gasteiger partial charge in [-0.05, 0) is 62.6 Å². The van der Waals surface area contributed by atoms with E-state index >= 15 is 0 Å². The number of carbonyl (C=O) groups excluding carboxylic acids is 3. The molecule has 7 nitrogen and oxygen atoms in total. The number of rotatable bonds is 12. The Hall–Kier alpha value is -2.58. The summed E-state index contributed by atoms with van der Waals surface area (Å²) >= 11 is 1.62. The largest absolute Gasteiger partial charge is 0.465 e. The fraction of sp³-hybridized carbons (Fsp3) is 0.581. The molecule has 3 aliphatic heterocycles. The Labute approximate surface area is 236 Å². The van der Waals surface area contributed by atoms with Gasteiger partial charge in [0.05, 0.1) is 35.8 Å². The fourth-order valence-electron chi connectivity index (χ4n) is 6.78. The van der Waals surface area contributed by atoms with Crippen LogP contribution in [0.3, 0.4) is 0 Å². The highest BCUT2D eigenvalue weighted by molar-refractivity contribution is 8.02. The molecule has 0 aromatic heterocycles. The van der Waals surface area contributed by atoms with Crippen molar-refractivity contribution in [2.75, 3.05) is 24.7 Å². The van der Waals surface area contributed by atoms with Crippen molar-refractivity contribution >= 4 is 35.2 Å². The zero-order valence-corrected chi connectivity index (χ0v) is 24.4. The third-order valence-electron chi connectivity index (χ3n) is 8.39. The summed E-state index contributed by atoms with van der Waals surface area (Å²) in [6.07, 6.45) is 5.90. The number of nitrogens with zero attached hydrogens (tertiary/aromatic N) is 2. The summed E-state index contributed by atoms with van der Waals surface area (Å²) in [6, 6.07) is 4.67. The number of amides is 2. The molecule has 0 aliphatic carbocycles. The molecule has 3 fully saturated rings. The standard InChI is InChI=1S/C31H42N2O5S/c1-7-9-15-38-30(37)25-24-12-13-31(39-24)26(25)28(35)33(22(18-34)16-19(3)4)27(31)29(36)32(14-8-2)23-17-20(5)10-11-21(23)6/h7-8,10-11,17,19,22,24-27,34H,1-2,9,12-16,18H2,3-6H3/t22-,24-,25+,26+,27?,31?/m1/s1. The Morgan fingerprint density at radius 3 is 2.67 bits per heavy atom. The minimum absolute atomic E-state index is 0.0705. The number of hydrogen-bond acceptors (Lipinski definition) is 6. The van der Waals surface area contributed by atoms with Gasteiger partial charge in [-0.3, -0.25) is 14.4 Å². The van der Waals surface area contributed by atoms with Crippen LogP contribution in [0.15, 0.2) is 43.5 Å². The van der Waals surface area contributed by atoms with Gasteiger partial charge in [0.25, 0.3) is 5.91 Å². The van der Waals surface area contributed by atoms with Gasteiger partial charge >= 0.3 is 5.97 Å². The van der Waals surface area contributed by atoms with Crippen molar-refractivity contribution in [2.24, 2.45) is 17.8 Å². The lowest BCUT2D eigenvalue weighted by Gasteiger charge is -2.40. The van der Waals surface area contributed by atoms with Crippen LogP contribution in [0.1, 0.15) is 50.7 Å². The number of benzene rings is 1. The van der Waals surface area contributed by atoms with Crippen molar-refractivity contribution in [3.05, 3.63) is 54.6 Å².